The van der Waals surface area contributed by atoms with E-state index in [1.54, 1.807) is 6.20 Å². The van der Waals surface area contributed by atoms with Gasteiger partial charge in [-0.25, -0.2) is 4.98 Å². The van der Waals surface area contributed by atoms with Crippen molar-refractivity contribution in [3.63, 3.8) is 0 Å². The molecule has 0 amide bonds. The van der Waals surface area contributed by atoms with Crippen LogP contribution in [0.1, 0.15) is 19.7 Å². The van der Waals surface area contributed by atoms with Crippen molar-refractivity contribution < 1.29 is 9.15 Å². The number of nitrogens with zero attached hydrogens (tertiary/aromatic N) is 2. The molecule has 2 aromatic heterocycles. The van der Waals surface area contributed by atoms with E-state index >= 15 is 0 Å². The first-order chi connectivity index (χ1) is 6.75. The van der Waals surface area contributed by atoms with Crippen molar-refractivity contribution >= 4 is 11.2 Å². The minimum Gasteiger partial charge on any atom is -0.436 e. The van der Waals surface area contributed by atoms with Gasteiger partial charge in [0, 0.05) is 6.20 Å². The van der Waals surface area contributed by atoms with Crippen molar-refractivity contribution in [2.75, 3.05) is 0 Å². The third-order valence-electron chi connectivity index (χ3n) is 1.75. The predicted octanol–water partition coefficient (Wildman–Crippen LogP) is 2.15. The van der Waals surface area contributed by atoms with Crippen LogP contribution in [0.5, 0.6) is 0 Å². The number of hydrogen-bond acceptors (Lipinski definition) is 4. The largest absolute Gasteiger partial charge is 0.436 e. The van der Waals surface area contributed by atoms with E-state index in [1.165, 1.54) is 0 Å². The Bertz CT molecular complexity index is 390. The number of aromatic nitrogens is 2. The molecule has 0 N–H and O–H groups in total. The van der Waals surface area contributed by atoms with Crippen molar-refractivity contribution in [2.45, 2.75) is 26.6 Å². The summed E-state index contributed by atoms with van der Waals surface area (Å²) in [5, 5.41) is 0. The minimum atomic E-state index is 0.179. The summed E-state index contributed by atoms with van der Waals surface area (Å²) >= 11 is 0. The minimum absolute atomic E-state index is 0.179. The normalized spacial score (nSPS) is 11.4. The number of ether oxygens (including phenoxy) is 1. The summed E-state index contributed by atoms with van der Waals surface area (Å²) in [4.78, 5) is 8.25. The number of pyridine rings is 1. The van der Waals surface area contributed by atoms with E-state index in [4.69, 9.17) is 9.15 Å². The van der Waals surface area contributed by atoms with Gasteiger partial charge in [0.1, 0.15) is 6.61 Å². The Kier molecular flexibility index (Phi) is 2.45. The second kappa shape index (κ2) is 3.75. The zero-order valence-corrected chi connectivity index (χ0v) is 8.23. The van der Waals surface area contributed by atoms with E-state index in [2.05, 4.69) is 9.97 Å². The number of oxazole rings is 1. The van der Waals surface area contributed by atoms with Gasteiger partial charge in [-0.2, -0.15) is 4.98 Å². The summed E-state index contributed by atoms with van der Waals surface area (Å²) in [6, 6.07) is 3.66. The van der Waals surface area contributed by atoms with E-state index in [0.717, 1.165) is 0 Å². The molecule has 0 saturated heterocycles. The lowest BCUT2D eigenvalue weighted by molar-refractivity contribution is 0.0526. The van der Waals surface area contributed by atoms with E-state index in [-0.39, 0.29) is 6.10 Å². The highest BCUT2D eigenvalue weighted by Crippen LogP contribution is 2.13. The highest BCUT2D eigenvalue weighted by molar-refractivity contribution is 5.66. The Morgan fingerprint density at radius 2 is 2.36 bits per heavy atom. The zero-order valence-electron chi connectivity index (χ0n) is 8.23. The van der Waals surface area contributed by atoms with Gasteiger partial charge in [0.2, 0.25) is 5.89 Å². The summed E-state index contributed by atoms with van der Waals surface area (Å²) in [5.41, 5.74) is 1.34. The summed E-state index contributed by atoms with van der Waals surface area (Å²) < 4.78 is 10.8. The molecule has 0 radical (unpaired) electrons. The van der Waals surface area contributed by atoms with Crippen LogP contribution in [0.3, 0.4) is 0 Å². The number of hydrogen-bond donors (Lipinski definition) is 0. The van der Waals surface area contributed by atoms with Gasteiger partial charge in [0.15, 0.2) is 11.2 Å². The molecule has 4 heteroatoms. The molecular weight excluding hydrogens is 180 g/mol. The SMILES string of the molecule is CC(C)OCc1nc2ncccc2o1. The monoisotopic (exact) mass is 192 g/mol. The Hall–Kier alpha value is -1.42. The topological polar surface area (TPSA) is 48.2 Å². The molecule has 0 saturated carbocycles. The van der Waals surface area contributed by atoms with Crippen LogP contribution in [0.4, 0.5) is 0 Å². The first-order valence-electron chi connectivity index (χ1n) is 4.58. The second-order valence-electron chi connectivity index (χ2n) is 3.29. The lowest BCUT2D eigenvalue weighted by atomic mass is 10.5. The molecular formula is C10H12N2O2. The fourth-order valence-electron chi connectivity index (χ4n) is 1.11. The van der Waals surface area contributed by atoms with Crippen LogP contribution in [0.15, 0.2) is 22.7 Å². The van der Waals surface area contributed by atoms with Gasteiger partial charge in [-0.1, -0.05) is 0 Å². The second-order valence-corrected chi connectivity index (χ2v) is 3.29. The molecule has 74 valence electrons. The summed E-state index contributed by atoms with van der Waals surface area (Å²) in [7, 11) is 0. The molecule has 0 aliphatic carbocycles. The Balaban J connectivity index is 2.19. The maximum Gasteiger partial charge on any atom is 0.223 e. The fourth-order valence-corrected chi connectivity index (χ4v) is 1.11. The van der Waals surface area contributed by atoms with Crippen LogP contribution >= 0.6 is 0 Å². The highest BCUT2D eigenvalue weighted by atomic mass is 16.5. The third kappa shape index (κ3) is 1.90. The summed E-state index contributed by atoms with van der Waals surface area (Å²) in [6.45, 7) is 4.34. The molecule has 2 aromatic rings. The molecule has 0 fully saturated rings. The molecule has 0 atom stereocenters. The lowest BCUT2D eigenvalue weighted by Crippen LogP contribution is -2.02. The molecule has 0 spiro atoms. The van der Waals surface area contributed by atoms with Crippen molar-refractivity contribution in [1.82, 2.24) is 9.97 Å². The zero-order chi connectivity index (χ0) is 9.97. The Morgan fingerprint density at radius 1 is 1.50 bits per heavy atom. The number of rotatable bonds is 3. The van der Waals surface area contributed by atoms with Crippen LogP contribution in [-0.2, 0) is 11.3 Å². The average Bonchev–Trinajstić information content (AvgIpc) is 2.57. The van der Waals surface area contributed by atoms with E-state index in [0.29, 0.717) is 23.7 Å². The molecule has 0 bridgehead atoms. The number of fused-ring (bicyclic) bond motifs is 1. The van der Waals surface area contributed by atoms with E-state index in [9.17, 15) is 0 Å². The molecule has 14 heavy (non-hydrogen) atoms. The van der Waals surface area contributed by atoms with Crippen LogP contribution in [0, 0.1) is 0 Å². The Labute approximate surface area is 81.9 Å². The maximum atomic E-state index is 5.42. The molecule has 4 nitrogen and oxygen atoms in total. The van der Waals surface area contributed by atoms with Crippen molar-refractivity contribution in [2.24, 2.45) is 0 Å². The predicted molar refractivity (Wildman–Crippen MR) is 51.7 cm³/mol. The van der Waals surface area contributed by atoms with E-state index < -0.39 is 0 Å². The smallest absolute Gasteiger partial charge is 0.223 e. The van der Waals surface area contributed by atoms with Gasteiger partial charge in [-0.3, -0.25) is 0 Å². The third-order valence-corrected chi connectivity index (χ3v) is 1.75. The van der Waals surface area contributed by atoms with Gasteiger partial charge in [-0.05, 0) is 26.0 Å². The average molecular weight is 192 g/mol. The quantitative estimate of drug-likeness (QED) is 0.747. The lowest BCUT2D eigenvalue weighted by Gasteiger charge is -2.02. The van der Waals surface area contributed by atoms with Gasteiger partial charge in [-0.15, -0.1) is 0 Å². The van der Waals surface area contributed by atoms with Crippen LogP contribution in [0.25, 0.3) is 11.2 Å². The van der Waals surface area contributed by atoms with Gasteiger partial charge >= 0.3 is 0 Å². The van der Waals surface area contributed by atoms with Gasteiger partial charge < -0.3 is 9.15 Å². The maximum absolute atomic E-state index is 5.42. The standard InChI is InChI=1S/C10H12N2O2/c1-7(2)13-6-9-12-10-8(14-9)4-3-5-11-10/h3-5,7H,6H2,1-2H3. The van der Waals surface area contributed by atoms with Crippen molar-refractivity contribution in [3.05, 3.63) is 24.2 Å². The van der Waals surface area contributed by atoms with Gasteiger partial charge in [0.25, 0.3) is 0 Å². The van der Waals surface area contributed by atoms with E-state index in [1.807, 2.05) is 26.0 Å². The fraction of sp³-hybridized carbons (Fsp3) is 0.400. The summed E-state index contributed by atoms with van der Waals surface area (Å²) in [6.07, 6.45) is 1.87. The Morgan fingerprint density at radius 3 is 3.07 bits per heavy atom. The molecule has 0 aliphatic rings. The first kappa shape index (κ1) is 9.15. The first-order valence-corrected chi connectivity index (χ1v) is 4.58. The molecule has 0 unspecified atom stereocenters. The van der Waals surface area contributed by atoms with Crippen molar-refractivity contribution in [1.29, 1.82) is 0 Å². The molecule has 0 aliphatic heterocycles. The van der Waals surface area contributed by atoms with Gasteiger partial charge in [0.05, 0.1) is 6.10 Å². The van der Waals surface area contributed by atoms with Crippen LogP contribution in [0.2, 0.25) is 0 Å². The van der Waals surface area contributed by atoms with Crippen LogP contribution in [-0.4, -0.2) is 16.1 Å². The van der Waals surface area contributed by atoms with Crippen LogP contribution < -0.4 is 0 Å². The molecule has 2 heterocycles. The molecule has 0 aromatic carbocycles. The molecule has 2 rings (SSSR count). The summed E-state index contributed by atoms with van der Waals surface area (Å²) in [5.74, 6) is 0.576. The highest BCUT2D eigenvalue weighted by Gasteiger charge is 2.06. The van der Waals surface area contributed by atoms with Crippen molar-refractivity contribution in [3.8, 4) is 0 Å².